The summed E-state index contributed by atoms with van der Waals surface area (Å²) < 4.78 is 0. The number of hydrogen-bond acceptors (Lipinski definition) is 2. The van der Waals surface area contributed by atoms with Crippen molar-refractivity contribution >= 4 is 0 Å². The average molecular weight is 198 g/mol. The van der Waals surface area contributed by atoms with Crippen molar-refractivity contribution < 1.29 is 0 Å². The van der Waals surface area contributed by atoms with Crippen molar-refractivity contribution in [1.29, 1.82) is 0 Å². The highest BCUT2D eigenvalue weighted by Gasteiger charge is 2.43. The lowest BCUT2D eigenvalue weighted by Gasteiger charge is -2.40. The van der Waals surface area contributed by atoms with E-state index in [-0.39, 0.29) is 5.54 Å². The van der Waals surface area contributed by atoms with Crippen LogP contribution in [0.25, 0.3) is 0 Å². The molecule has 1 saturated carbocycles. The molecule has 0 amide bonds. The highest BCUT2D eigenvalue weighted by Crippen LogP contribution is 2.42. The van der Waals surface area contributed by atoms with Gasteiger partial charge in [0.05, 0.1) is 0 Å². The van der Waals surface area contributed by atoms with Crippen LogP contribution in [0.4, 0.5) is 0 Å². The first-order chi connectivity index (χ1) is 6.69. The first-order valence-electron chi connectivity index (χ1n) is 6.14. The van der Waals surface area contributed by atoms with E-state index >= 15 is 0 Å². The summed E-state index contributed by atoms with van der Waals surface area (Å²) in [6.45, 7) is 10.0. The molecular weight excluding hydrogens is 172 g/mol. The standard InChI is InChI=1S/C12H26N2/c1-4-6-9-14(5-2)12(3,10-13)11-7-8-11/h11H,4-10,13H2,1-3H3. The van der Waals surface area contributed by atoms with Crippen molar-refractivity contribution in [1.82, 2.24) is 4.90 Å². The van der Waals surface area contributed by atoms with Gasteiger partial charge in [0.2, 0.25) is 0 Å². The highest BCUT2D eigenvalue weighted by atomic mass is 15.2. The fourth-order valence-electron chi connectivity index (χ4n) is 2.38. The summed E-state index contributed by atoms with van der Waals surface area (Å²) >= 11 is 0. The number of hydrogen-bond donors (Lipinski definition) is 1. The molecule has 0 aromatic heterocycles. The lowest BCUT2D eigenvalue weighted by atomic mass is 9.93. The Hall–Kier alpha value is -0.0800. The van der Waals surface area contributed by atoms with E-state index in [0.29, 0.717) is 0 Å². The Bertz CT molecular complexity index is 166. The molecule has 0 heterocycles. The molecule has 14 heavy (non-hydrogen) atoms. The van der Waals surface area contributed by atoms with Crippen LogP contribution in [0.2, 0.25) is 0 Å². The van der Waals surface area contributed by atoms with Crippen LogP contribution in [-0.4, -0.2) is 30.1 Å². The van der Waals surface area contributed by atoms with E-state index in [9.17, 15) is 0 Å². The van der Waals surface area contributed by atoms with Crippen LogP contribution in [-0.2, 0) is 0 Å². The maximum atomic E-state index is 5.95. The van der Waals surface area contributed by atoms with Gasteiger partial charge < -0.3 is 5.73 Å². The molecule has 84 valence electrons. The maximum absolute atomic E-state index is 5.95. The third kappa shape index (κ3) is 2.48. The van der Waals surface area contributed by atoms with E-state index in [4.69, 9.17) is 5.73 Å². The zero-order valence-electron chi connectivity index (χ0n) is 10.1. The quantitative estimate of drug-likeness (QED) is 0.680. The molecule has 0 spiro atoms. The van der Waals surface area contributed by atoms with E-state index in [1.165, 1.54) is 32.2 Å². The van der Waals surface area contributed by atoms with Gasteiger partial charge in [-0.1, -0.05) is 20.3 Å². The summed E-state index contributed by atoms with van der Waals surface area (Å²) in [4.78, 5) is 2.59. The minimum absolute atomic E-state index is 0.282. The first-order valence-corrected chi connectivity index (χ1v) is 6.14. The molecule has 2 nitrogen and oxygen atoms in total. The number of rotatable bonds is 7. The predicted octanol–water partition coefficient (Wildman–Crippen LogP) is 2.24. The molecule has 0 radical (unpaired) electrons. The van der Waals surface area contributed by atoms with Gasteiger partial charge in [0.1, 0.15) is 0 Å². The van der Waals surface area contributed by atoms with Crippen molar-refractivity contribution in [3.05, 3.63) is 0 Å². The summed E-state index contributed by atoms with van der Waals surface area (Å²) in [5, 5.41) is 0. The van der Waals surface area contributed by atoms with Gasteiger partial charge in [-0.25, -0.2) is 0 Å². The maximum Gasteiger partial charge on any atom is 0.0331 e. The lowest BCUT2D eigenvalue weighted by Crippen LogP contribution is -2.53. The molecule has 1 aliphatic carbocycles. The average Bonchev–Trinajstić information content (AvgIpc) is 3.02. The fraction of sp³-hybridized carbons (Fsp3) is 1.00. The van der Waals surface area contributed by atoms with E-state index < -0.39 is 0 Å². The Labute approximate surface area is 88.8 Å². The van der Waals surface area contributed by atoms with Crippen molar-refractivity contribution in [2.24, 2.45) is 11.7 Å². The number of unbranched alkanes of at least 4 members (excludes halogenated alkanes) is 1. The SMILES string of the molecule is CCCCN(CC)C(C)(CN)C1CC1. The minimum atomic E-state index is 0.282. The Kier molecular flexibility index (Phi) is 4.39. The first kappa shape index (κ1) is 12.0. The smallest absolute Gasteiger partial charge is 0.0331 e. The Morgan fingerprint density at radius 3 is 2.36 bits per heavy atom. The van der Waals surface area contributed by atoms with Gasteiger partial charge in [-0.05, 0) is 45.2 Å². The monoisotopic (exact) mass is 198 g/mol. The minimum Gasteiger partial charge on any atom is -0.329 e. The molecule has 1 unspecified atom stereocenters. The molecule has 2 heteroatoms. The Morgan fingerprint density at radius 2 is 2.00 bits per heavy atom. The summed E-state index contributed by atoms with van der Waals surface area (Å²) in [6, 6.07) is 0. The largest absolute Gasteiger partial charge is 0.329 e. The van der Waals surface area contributed by atoms with Crippen LogP contribution in [0, 0.1) is 5.92 Å². The van der Waals surface area contributed by atoms with Gasteiger partial charge in [0.25, 0.3) is 0 Å². The third-order valence-electron chi connectivity index (χ3n) is 3.76. The van der Waals surface area contributed by atoms with E-state index in [0.717, 1.165) is 19.0 Å². The summed E-state index contributed by atoms with van der Waals surface area (Å²) in [7, 11) is 0. The van der Waals surface area contributed by atoms with Gasteiger partial charge in [-0.15, -0.1) is 0 Å². The normalized spacial score (nSPS) is 21.2. The number of nitrogens with two attached hydrogens (primary N) is 1. The van der Waals surface area contributed by atoms with Crippen molar-refractivity contribution in [2.45, 2.75) is 52.0 Å². The Morgan fingerprint density at radius 1 is 1.36 bits per heavy atom. The van der Waals surface area contributed by atoms with Gasteiger partial charge in [-0.2, -0.15) is 0 Å². The van der Waals surface area contributed by atoms with Crippen LogP contribution in [0.5, 0.6) is 0 Å². The molecule has 0 bridgehead atoms. The topological polar surface area (TPSA) is 29.3 Å². The number of nitrogens with zero attached hydrogens (tertiary/aromatic N) is 1. The van der Waals surface area contributed by atoms with Crippen molar-refractivity contribution in [3.63, 3.8) is 0 Å². The second kappa shape index (κ2) is 5.13. The molecular formula is C12H26N2. The molecule has 0 aromatic rings. The lowest BCUT2D eigenvalue weighted by molar-refractivity contribution is 0.0935. The van der Waals surface area contributed by atoms with Gasteiger partial charge in [0, 0.05) is 12.1 Å². The molecule has 1 rings (SSSR count). The van der Waals surface area contributed by atoms with Crippen LogP contribution in [0.15, 0.2) is 0 Å². The van der Waals surface area contributed by atoms with Crippen LogP contribution in [0.1, 0.15) is 46.5 Å². The number of likely N-dealkylation sites (N-methyl/N-ethyl adjacent to an activating group) is 1. The summed E-state index contributed by atoms with van der Waals surface area (Å²) in [5.74, 6) is 0.865. The molecule has 2 N–H and O–H groups in total. The van der Waals surface area contributed by atoms with E-state index in [2.05, 4.69) is 25.7 Å². The molecule has 1 atom stereocenters. The van der Waals surface area contributed by atoms with Crippen molar-refractivity contribution in [3.8, 4) is 0 Å². The Balaban J connectivity index is 2.53. The molecule has 0 aliphatic heterocycles. The second-order valence-corrected chi connectivity index (χ2v) is 4.77. The van der Waals surface area contributed by atoms with Crippen LogP contribution >= 0.6 is 0 Å². The molecule has 1 aliphatic rings. The molecule has 1 fully saturated rings. The third-order valence-corrected chi connectivity index (χ3v) is 3.76. The van der Waals surface area contributed by atoms with Crippen LogP contribution < -0.4 is 5.73 Å². The van der Waals surface area contributed by atoms with Gasteiger partial charge in [0.15, 0.2) is 0 Å². The molecule has 0 saturated heterocycles. The van der Waals surface area contributed by atoms with Gasteiger partial charge >= 0.3 is 0 Å². The van der Waals surface area contributed by atoms with E-state index in [1.54, 1.807) is 0 Å². The summed E-state index contributed by atoms with van der Waals surface area (Å²) in [6.07, 6.45) is 5.35. The fourth-order valence-corrected chi connectivity index (χ4v) is 2.38. The van der Waals surface area contributed by atoms with Gasteiger partial charge in [-0.3, -0.25) is 4.90 Å². The van der Waals surface area contributed by atoms with Crippen LogP contribution in [0.3, 0.4) is 0 Å². The molecule has 0 aromatic carbocycles. The summed E-state index contributed by atoms with van der Waals surface area (Å²) in [5.41, 5.74) is 6.24. The second-order valence-electron chi connectivity index (χ2n) is 4.77. The zero-order valence-corrected chi connectivity index (χ0v) is 10.1. The highest BCUT2D eigenvalue weighted by molar-refractivity contribution is 4.99. The predicted molar refractivity (Wildman–Crippen MR) is 62.3 cm³/mol. The van der Waals surface area contributed by atoms with Crippen molar-refractivity contribution in [2.75, 3.05) is 19.6 Å². The van der Waals surface area contributed by atoms with E-state index in [1.807, 2.05) is 0 Å². The zero-order chi connectivity index (χ0) is 10.6.